The first-order chi connectivity index (χ1) is 9.10. The Morgan fingerprint density at radius 1 is 1.42 bits per heavy atom. The Labute approximate surface area is 122 Å². The summed E-state index contributed by atoms with van der Waals surface area (Å²) in [4.78, 5) is 10.1. The molecular formula is C12H8IN3O3. The van der Waals surface area contributed by atoms with Crippen molar-refractivity contribution in [3.63, 3.8) is 0 Å². The lowest BCUT2D eigenvalue weighted by atomic mass is 10.1. The molecule has 1 aromatic heterocycles. The number of hydrogen-bond donors (Lipinski definition) is 1. The highest BCUT2D eigenvalue weighted by atomic mass is 127. The molecule has 0 saturated heterocycles. The first-order valence-electron chi connectivity index (χ1n) is 5.27. The van der Waals surface area contributed by atoms with Crippen LogP contribution in [0, 0.1) is 25.2 Å². The Kier molecular flexibility index (Phi) is 4.01. The minimum Gasteiger partial charge on any atom is -0.454 e. The van der Waals surface area contributed by atoms with Crippen molar-refractivity contribution in [2.24, 2.45) is 0 Å². The second-order valence-electron chi connectivity index (χ2n) is 3.66. The summed E-state index contributed by atoms with van der Waals surface area (Å²) >= 11 is 2.06. The maximum absolute atomic E-state index is 10.6. The first-order valence-corrected chi connectivity index (χ1v) is 6.34. The van der Waals surface area contributed by atoms with Crippen molar-refractivity contribution in [3.8, 4) is 6.07 Å². The second-order valence-corrected chi connectivity index (χ2v) is 4.72. The number of halogens is 1. The molecule has 96 valence electrons. The highest BCUT2D eigenvalue weighted by Gasteiger charge is 2.10. The molecule has 0 amide bonds. The molecule has 0 aliphatic carbocycles. The summed E-state index contributed by atoms with van der Waals surface area (Å²) in [5, 5.41) is 22.6. The average Bonchev–Trinajstić information content (AvgIpc) is 2.81. The summed E-state index contributed by atoms with van der Waals surface area (Å²) in [6.07, 6.45) is 0. The van der Waals surface area contributed by atoms with E-state index in [9.17, 15) is 10.1 Å². The predicted molar refractivity (Wildman–Crippen MR) is 76.6 cm³/mol. The van der Waals surface area contributed by atoms with Gasteiger partial charge in [-0.2, -0.15) is 5.26 Å². The van der Waals surface area contributed by atoms with Gasteiger partial charge in [-0.15, -0.1) is 0 Å². The molecular weight excluding hydrogens is 361 g/mol. The van der Waals surface area contributed by atoms with Crippen molar-refractivity contribution < 1.29 is 9.34 Å². The Balaban J connectivity index is 2.16. The summed E-state index contributed by atoms with van der Waals surface area (Å²) < 4.78 is 6.15. The van der Waals surface area contributed by atoms with Crippen LogP contribution in [0.1, 0.15) is 11.3 Å². The monoisotopic (exact) mass is 369 g/mol. The van der Waals surface area contributed by atoms with E-state index in [2.05, 4.69) is 27.9 Å². The predicted octanol–water partition coefficient (Wildman–Crippen LogP) is 3.28. The zero-order valence-corrected chi connectivity index (χ0v) is 11.7. The molecule has 0 radical (unpaired) electrons. The second kappa shape index (κ2) is 5.71. The molecule has 0 aliphatic rings. The van der Waals surface area contributed by atoms with E-state index in [1.807, 2.05) is 18.2 Å². The molecule has 6 nitrogen and oxygen atoms in total. The van der Waals surface area contributed by atoms with E-state index >= 15 is 0 Å². The minimum absolute atomic E-state index is 0.102. The third-order valence-corrected chi connectivity index (χ3v) is 3.00. The van der Waals surface area contributed by atoms with E-state index in [1.54, 1.807) is 0 Å². The number of nitrogens with one attached hydrogen (secondary N) is 1. The Bertz CT molecular complexity index is 660. The third-order valence-electron chi connectivity index (χ3n) is 2.42. The topological polar surface area (TPSA) is 92.1 Å². The van der Waals surface area contributed by atoms with Gasteiger partial charge in [0.15, 0.2) is 3.77 Å². The molecule has 0 unspecified atom stereocenters. The lowest BCUT2D eigenvalue weighted by Crippen LogP contribution is -2.01. The maximum atomic E-state index is 10.6. The van der Waals surface area contributed by atoms with Gasteiger partial charge in [0.1, 0.15) is 11.8 Å². The van der Waals surface area contributed by atoms with Gasteiger partial charge in [-0.25, -0.2) is 0 Å². The summed E-state index contributed by atoms with van der Waals surface area (Å²) in [6, 6.07) is 9.71. The van der Waals surface area contributed by atoms with Gasteiger partial charge in [-0.3, -0.25) is 10.1 Å². The number of benzene rings is 1. The Morgan fingerprint density at radius 2 is 2.21 bits per heavy atom. The zero-order chi connectivity index (χ0) is 13.8. The van der Waals surface area contributed by atoms with Crippen molar-refractivity contribution in [3.05, 3.63) is 55.5 Å². The van der Waals surface area contributed by atoms with Crippen molar-refractivity contribution in [2.75, 3.05) is 5.32 Å². The molecule has 0 saturated carbocycles. The fourth-order valence-corrected chi connectivity index (χ4v) is 1.98. The number of non-ortho nitro benzene ring substituents is 1. The van der Waals surface area contributed by atoms with E-state index < -0.39 is 4.92 Å². The van der Waals surface area contributed by atoms with Crippen LogP contribution in [0.5, 0.6) is 0 Å². The summed E-state index contributed by atoms with van der Waals surface area (Å²) in [5.74, 6) is 0.728. The van der Waals surface area contributed by atoms with Gasteiger partial charge in [0.05, 0.1) is 22.7 Å². The van der Waals surface area contributed by atoms with Gasteiger partial charge in [0.25, 0.3) is 5.69 Å². The van der Waals surface area contributed by atoms with Crippen LogP contribution in [-0.4, -0.2) is 4.92 Å². The number of nitriles is 1. The van der Waals surface area contributed by atoms with Crippen LogP contribution in [0.4, 0.5) is 11.4 Å². The van der Waals surface area contributed by atoms with E-state index in [4.69, 9.17) is 9.68 Å². The Morgan fingerprint density at radius 3 is 2.79 bits per heavy atom. The molecule has 2 aromatic rings. The summed E-state index contributed by atoms with van der Waals surface area (Å²) in [7, 11) is 0. The highest BCUT2D eigenvalue weighted by molar-refractivity contribution is 14.1. The zero-order valence-electron chi connectivity index (χ0n) is 9.59. The van der Waals surface area contributed by atoms with Gasteiger partial charge >= 0.3 is 0 Å². The number of nitro groups is 1. The average molecular weight is 369 g/mol. The van der Waals surface area contributed by atoms with Gasteiger partial charge in [-0.1, -0.05) is 0 Å². The molecule has 0 atom stereocenters. The number of nitrogens with zero attached hydrogens (tertiary/aromatic N) is 2. The van der Waals surface area contributed by atoms with Crippen LogP contribution >= 0.6 is 22.6 Å². The largest absolute Gasteiger partial charge is 0.454 e. The molecule has 2 rings (SSSR count). The van der Waals surface area contributed by atoms with Gasteiger partial charge in [0.2, 0.25) is 0 Å². The lowest BCUT2D eigenvalue weighted by molar-refractivity contribution is -0.384. The van der Waals surface area contributed by atoms with Crippen LogP contribution in [0.2, 0.25) is 0 Å². The van der Waals surface area contributed by atoms with Crippen molar-refractivity contribution in [1.29, 1.82) is 5.26 Å². The van der Waals surface area contributed by atoms with Crippen molar-refractivity contribution in [2.45, 2.75) is 6.54 Å². The van der Waals surface area contributed by atoms with E-state index in [-0.39, 0.29) is 11.3 Å². The lowest BCUT2D eigenvalue weighted by Gasteiger charge is -2.06. The van der Waals surface area contributed by atoms with Crippen LogP contribution in [-0.2, 0) is 6.54 Å². The van der Waals surface area contributed by atoms with E-state index in [0.717, 1.165) is 9.53 Å². The number of nitro benzene ring substituents is 1. The normalized spacial score (nSPS) is 9.89. The van der Waals surface area contributed by atoms with E-state index in [0.29, 0.717) is 12.2 Å². The van der Waals surface area contributed by atoms with Crippen molar-refractivity contribution in [1.82, 2.24) is 0 Å². The Hall–Kier alpha value is -2.08. The van der Waals surface area contributed by atoms with Crippen LogP contribution in [0.25, 0.3) is 0 Å². The number of hydrogen-bond acceptors (Lipinski definition) is 5. The first kappa shape index (κ1) is 13.4. The van der Waals surface area contributed by atoms with Crippen LogP contribution < -0.4 is 5.32 Å². The third kappa shape index (κ3) is 3.23. The molecule has 0 spiro atoms. The summed E-state index contributed by atoms with van der Waals surface area (Å²) in [6.45, 7) is 0.412. The molecule has 1 heterocycles. The van der Waals surface area contributed by atoms with Crippen LogP contribution in [0.3, 0.4) is 0 Å². The highest BCUT2D eigenvalue weighted by Crippen LogP contribution is 2.22. The molecule has 0 fully saturated rings. The molecule has 0 bridgehead atoms. The van der Waals surface area contributed by atoms with Gasteiger partial charge in [0, 0.05) is 12.1 Å². The number of furan rings is 1. The minimum atomic E-state index is -0.528. The molecule has 0 aliphatic heterocycles. The van der Waals surface area contributed by atoms with Gasteiger partial charge in [-0.05, 0) is 40.8 Å². The quantitative estimate of drug-likeness (QED) is 0.507. The number of anilines is 1. The standard InChI is InChI=1S/C12H8IN3O3/c13-12-4-2-10(19-12)7-15-11-3-1-9(16(17)18)5-8(11)6-14/h1-5,15H,7H2. The molecule has 19 heavy (non-hydrogen) atoms. The SMILES string of the molecule is N#Cc1cc([N+](=O)[O-])ccc1NCc1ccc(I)o1. The maximum Gasteiger partial charge on any atom is 0.270 e. The van der Waals surface area contributed by atoms with Gasteiger partial charge < -0.3 is 9.73 Å². The van der Waals surface area contributed by atoms with Crippen LogP contribution in [0.15, 0.2) is 34.7 Å². The van der Waals surface area contributed by atoms with Crippen molar-refractivity contribution >= 4 is 34.0 Å². The molecule has 1 N–H and O–H groups in total. The fraction of sp³-hybridized carbons (Fsp3) is 0.0833. The molecule has 1 aromatic carbocycles. The smallest absolute Gasteiger partial charge is 0.270 e. The summed E-state index contributed by atoms with van der Waals surface area (Å²) in [5.41, 5.74) is 0.671. The van der Waals surface area contributed by atoms with E-state index in [1.165, 1.54) is 18.2 Å². The number of rotatable bonds is 4. The molecule has 7 heteroatoms. The fourth-order valence-electron chi connectivity index (χ4n) is 1.52.